The molecule has 0 fully saturated rings. The Hall–Kier alpha value is -3.31. The van der Waals surface area contributed by atoms with E-state index in [2.05, 4.69) is 0 Å². The number of rotatable bonds is 3. The Morgan fingerprint density at radius 3 is 2.40 bits per heavy atom. The van der Waals surface area contributed by atoms with Crippen LogP contribution in [0.25, 0.3) is 10.9 Å². The Bertz CT molecular complexity index is 952. The van der Waals surface area contributed by atoms with Crippen molar-refractivity contribution in [2.75, 3.05) is 12.3 Å². The molecule has 0 aliphatic heterocycles. The van der Waals surface area contributed by atoms with Crippen LogP contribution in [0.15, 0.2) is 16.9 Å². The van der Waals surface area contributed by atoms with E-state index in [0.717, 1.165) is 0 Å². The second kappa shape index (κ2) is 5.96. The fourth-order valence-electron chi connectivity index (χ4n) is 2.19. The van der Waals surface area contributed by atoms with Crippen LogP contribution >= 0.6 is 0 Å². The SMILES string of the molecule is Nc1cc(F)cc2c(O)c(C(=O)NCC(=O)O)c(=O)n(C(F)(F)F)c12. The number of hydrogen-bond acceptors (Lipinski definition) is 5. The van der Waals surface area contributed by atoms with Gasteiger partial charge in [-0.3, -0.25) is 14.4 Å². The van der Waals surface area contributed by atoms with E-state index in [-0.39, 0.29) is 0 Å². The van der Waals surface area contributed by atoms with Gasteiger partial charge in [0.05, 0.1) is 11.2 Å². The van der Waals surface area contributed by atoms with Crippen molar-refractivity contribution in [3.63, 3.8) is 0 Å². The molecule has 0 unspecified atom stereocenters. The van der Waals surface area contributed by atoms with Crippen LogP contribution in [0.2, 0.25) is 0 Å². The van der Waals surface area contributed by atoms with Crippen LogP contribution in [0, 0.1) is 5.82 Å². The molecule has 0 radical (unpaired) electrons. The molecule has 1 aromatic carbocycles. The van der Waals surface area contributed by atoms with Crippen molar-refractivity contribution in [3.8, 4) is 5.75 Å². The highest BCUT2D eigenvalue weighted by Gasteiger charge is 2.38. The van der Waals surface area contributed by atoms with Gasteiger partial charge >= 0.3 is 12.3 Å². The van der Waals surface area contributed by atoms with Crippen LogP contribution in [-0.4, -0.2) is 33.2 Å². The van der Waals surface area contributed by atoms with E-state index < -0.39 is 68.6 Å². The molecule has 12 heteroatoms. The Morgan fingerprint density at radius 1 is 1.28 bits per heavy atom. The number of fused-ring (bicyclic) bond motifs is 1. The number of hydrogen-bond donors (Lipinski definition) is 4. The quantitative estimate of drug-likeness (QED) is 0.469. The molecule has 8 nitrogen and oxygen atoms in total. The van der Waals surface area contributed by atoms with Crippen LogP contribution in [0.4, 0.5) is 23.2 Å². The summed E-state index contributed by atoms with van der Waals surface area (Å²) in [7, 11) is 0. The van der Waals surface area contributed by atoms with Crippen LogP contribution < -0.4 is 16.6 Å². The predicted octanol–water partition coefficient (Wildman–Crippen LogP) is 0.719. The Kier molecular flexibility index (Phi) is 4.30. The largest absolute Gasteiger partial charge is 0.506 e. The van der Waals surface area contributed by atoms with Gasteiger partial charge in [0.15, 0.2) is 0 Å². The number of amides is 1. The first kappa shape index (κ1) is 18.0. The first-order chi connectivity index (χ1) is 11.4. The zero-order valence-electron chi connectivity index (χ0n) is 12.0. The molecule has 0 bridgehead atoms. The molecule has 0 aliphatic rings. The number of anilines is 1. The van der Waals surface area contributed by atoms with Gasteiger partial charge in [-0.05, 0) is 12.1 Å². The van der Waals surface area contributed by atoms with E-state index in [0.29, 0.717) is 12.1 Å². The molecule has 1 amide bonds. The summed E-state index contributed by atoms with van der Waals surface area (Å²) in [6.45, 7) is -1.02. The van der Waals surface area contributed by atoms with Crippen molar-refractivity contribution in [2.45, 2.75) is 6.30 Å². The fourth-order valence-corrected chi connectivity index (χ4v) is 2.19. The number of aromatic hydroxyl groups is 1. The average Bonchev–Trinajstić information content (AvgIpc) is 2.45. The van der Waals surface area contributed by atoms with Gasteiger partial charge in [-0.2, -0.15) is 0 Å². The van der Waals surface area contributed by atoms with Gasteiger partial charge in [-0.15, -0.1) is 13.2 Å². The number of carbonyl (C=O) groups is 2. The summed E-state index contributed by atoms with van der Waals surface area (Å²) in [6.07, 6.45) is -5.35. The lowest BCUT2D eigenvalue weighted by Gasteiger charge is -2.18. The van der Waals surface area contributed by atoms with Gasteiger partial charge < -0.3 is 21.3 Å². The fraction of sp³-hybridized carbons (Fsp3) is 0.154. The first-order valence-corrected chi connectivity index (χ1v) is 6.39. The Labute approximate surface area is 135 Å². The zero-order valence-corrected chi connectivity index (χ0v) is 12.0. The van der Waals surface area contributed by atoms with Crippen LogP contribution in [0.5, 0.6) is 5.75 Å². The van der Waals surface area contributed by atoms with Gasteiger partial charge in [0, 0.05) is 5.39 Å². The number of aromatic nitrogens is 1. The molecule has 134 valence electrons. The number of alkyl halides is 3. The van der Waals surface area contributed by atoms with Gasteiger partial charge in [-0.1, -0.05) is 0 Å². The molecule has 1 heterocycles. The number of carbonyl (C=O) groups excluding carboxylic acids is 1. The lowest BCUT2D eigenvalue weighted by molar-refractivity contribution is -0.203. The van der Waals surface area contributed by atoms with Gasteiger partial charge in [-0.25, -0.2) is 8.96 Å². The lowest BCUT2D eigenvalue weighted by Crippen LogP contribution is -2.39. The molecule has 25 heavy (non-hydrogen) atoms. The van der Waals surface area contributed by atoms with Crippen molar-refractivity contribution < 1.29 is 37.4 Å². The van der Waals surface area contributed by atoms with Crippen molar-refractivity contribution >= 4 is 28.5 Å². The molecule has 0 spiro atoms. The van der Waals surface area contributed by atoms with Gasteiger partial charge in [0.25, 0.3) is 11.5 Å². The minimum absolute atomic E-state index is 0.455. The van der Waals surface area contributed by atoms with Gasteiger partial charge in [0.1, 0.15) is 23.7 Å². The minimum atomic E-state index is -5.35. The maximum atomic E-state index is 13.5. The summed E-state index contributed by atoms with van der Waals surface area (Å²) < 4.78 is 52.4. The van der Waals surface area contributed by atoms with Crippen molar-refractivity contribution in [2.24, 2.45) is 0 Å². The summed E-state index contributed by atoms with van der Waals surface area (Å²) in [6, 6.07) is 0.963. The highest BCUT2D eigenvalue weighted by molar-refractivity contribution is 6.05. The first-order valence-electron chi connectivity index (χ1n) is 6.39. The maximum absolute atomic E-state index is 13.5. The maximum Gasteiger partial charge on any atom is 0.491 e. The van der Waals surface area contributed by atoms with E-state index >= 15 is 0 Å². The minimum Gasteiger partial charge on any atom is -0.506 e. The Morgan fingerprint density at radius 2 is 1.88 bits per heavy atom. The number of nitrogen functional groups attached to an aromatic ring is 1. The van der Waals surface area contributed by atoms with Crippen molar-refractivity contribution in [1.29, 1.82) is 0 Å². The van der Waals surface area contributed by atoms with Crippen molar-refractivity contribution in [1.82, 2.24) is 9.88 Å². The standard InChI is InChI=1S/C13H9F4N3O5/c14-4-1-5-9(6(18)2-4)20(13(15,16)17)12(25)8(10(5)23)11(24)19-3-7(21)22/h1-2,23H,3,18H2,(H,19,24)(H,21,22). The summed E-state index contributed by atoms with van der Waals surface area (Å²) in [5.41, 5.74) is 0.118. The number of nitrogens with zero attached hydrogens (tertiary/aromatic N) is 1. The van der Waals surface area contributed by atoms with E-state index in [1.165, 1.54) is 0 Å². The smallest absolute Gasteiger partial charge is 0.491 e. The zero-order chi connectivity index (χ0) is 19.1. The van der Waals surface area contributed by atoms with E-state index in [1.54, 1.807) is 5.32 Å². The lowest BCUT2D eigenvalue weighted by atomic mass is 10.1. The number of aliphatic carboxylic acids is 1. The summed E-state index contributed by atoms with van der Waals surface area (Å²) in [5.74, 6) is -5.49. The predicted molar refractivity (Wildman–Crippen MR) is 75.5 cm³/mol. The number of halogens is 4. The number of nitrogens with two attached hydrogens (primary N) is 1. The Balaban J connectivity index is 2.91. The highest BCUT2D eigenvalue weighted by Crippen LogP contribution is 2.35. The normalized spacial score (nSPS) is 11.5. The van der Waals surface area contributed by atoms with Gasteiger partial charge in [0.2, 0.25) is 0 Å². The average molecular weight is 363 g/mol. The highest BCUT2D eigenvalue weighted by atomic mass is 19.4. The van der Waals surface area contributed by atoms with Crippen molar-refractivity contribution in [3.05, 3.63) is 33.9 Å². The van der Waals surface area contributed by atoms with Crippen LogP contribution in [-0.2, 0) is 11.1 Å². The number of pyridine rings is 1. The number of nitrogens with one attached hydrogen (secondary N) is 1. The molecule has 0 atom stereocenters. The number of carboxylic acid groups (broad SMARTS) is 1. The molecule has 0 aliphatic carbocycles. The molecule has 0 saturated heterocycles. The van der Waals surface area contributed by atoms with E-state index in [1.807, 2.05) is 0 Å². The molecular weight excluding hydrogens is 354 g/mol. The molecule has 2 rings (SSSR count). The second-order valence-electron chi connectivity index (χ2n) is 4.80. The third kappa shape index (κ3) is 3.18. The third-order valence-corrected chi connectivity index (χ3v) is 3.12. The topological polar surface area (TPSA) is 135 Å². The van der Waals surface area contributed by atoms with E-state index in [9.17, 15) is 37.1 Å². The summed E-state index contributed by atoms with van der Waals surface area (Å²) in [4.78, 5) is 34.4. The molecule has 5 N–H and O–H groups in total. The third-order valence-electron chi connectivity index (χ3n) is 3.12. The van der Waals surface area contributed by atoms with Crippen LogP contribution in [0.1, 0.15) is 10.4 Å². The molecule has 2 aromatic rings. The summed E-state index contributed by atoms with van der Waals surface area (Å²) in [5, 5.41) is 19.3. The van der Waals surface area contributed by atoms with Crippen LogP contribution in [0.3, 0.4) is 0 Å². The molecule has 1 aromatic heterocycles. The monoisotopic (exact) mass is 363 g/mol. The van der Waals surface area contributed by atoms with E-state index in [4.69, 9.17) is 10.8 Å². The molecule has 0 saturated carbocycles. The summed E-state index contributed by atoms with van der Waals surface area (Å²) >= 11 is 0. The number of carboxylic acids is 1. The number of benzene rings is 1. The molecular formula is C13H9F4N3O5. The second-order valence-corrected chi connectivity index (χ2v) is 4.80.